The van der Waals surface area contributed by atoms with Crippen LogP contribution in [0.15, 0.2) is 48.5 Å². The summed E-state index contributed by atoms with van der Waals surface area (Å²) < 4.78 is 12.4. The first kappa shape index (κ1) is 22.0. The van der Waals surface area contributed by atoms with Crippen LogP contribution in [0.2, 0.25) is 0 Å². The molecule has 33 heavy (non-hydrogen) atoms. The number of amides is 1. The number of carbonyl (C=O) groups is 1. The highest BCUT2D eigenvalue weighted by atomic mass is 16.7. The Kier molecular flexibility index (Phi) is 4.97. The van der Waals surface area contributed by atoms with Crippen molar-refractivity contribution < 1.29 is 14.3 Å². The van der Waals surface area contributed by atoms with E-state index in [0.717, 1.165) is 5.56 Å². The molecule has 4 rings (SSSR count). The first-order valence-electron chi connectivity index (χ1n) is 10.3. The van der Waals surface area contributed by atoms with Crippen LogP contribution in [0.5, 0.6) is 0 Å². The quantitative estimate of drug-likeness (QED) is 0.738. The van der Waals surface area contributed by atoms with Crippen LogP contribution in [-0.4, -0.2) is 11.8 Å². The minimum absolute atomic E-state index is 0.240. The highest BCUT2D eigenvalue weighted by Crippen LogP contribution is 2.68. The SMILES string of the molecule is CC(=O)Nc1ccc(C2OC3(c4ccc(C)cc4)OC(=N)C(C#N)(C3C)C2(C#N)C#N)cc1. The maximum Gasteiger partial charge on any atom is 0.244 e. The molecule has 8 nitrogen and oxygen atoms in total. The van der Waals surface area contributed by atoms with Gasteiger partial charge in [-0.15, -0.1) is 0 Å². The van der Waals surface area contributed by atoms with Crippen molar-refractivity contribution in [2.75, 3.05) is 5.32 Å². The Bertz CT molecular complexity index is 1250. The molecule has 0 spiro atoms. The van der Waals surface area contributed by atoms with Gasteiger partial charge in [-0.3, -0.25) is 10.2 Å². The summed E-state index contributed by atoms with van der Waals surface area (Å²) in [6.07, 6.45) is -1.20. The lowest BCUT2D eigenvalue weighted by molar-refractivity contribution is -0.288. The van der Waals surface area contributed by atoms with E-state index in [1.165, 1.54) is 6.92 Å². The molecule has 8 heteroatoms. The Morgan fingerprint density at radius 2 is 1.64 bits per heavy atom. The van der Waals surface area contributed by atoms with E-state index in [9.17, 15) is 20.6 Å². The van der Waals surface area contributed by atoms with Crippen molar-refractivity contribution in [3.8, 4) is 18.2 Å². The molecular weight excluding hydrogens is 418 g/mol. The summed E-state index contributed by atoms with van der Waals surface area (Å²) in [5, 5.41) is 42.2. The number of ether oxygens (including phenoxy) is 2. The van der Waals surface area contributed by atoms with Crippen molar-refractivity contribution in [2.45, 2.75) is 32.7 Å². The third kappa shape index (κ3) is 2.77. The van der Waals surface area contributed by atoms with Gasteiger partial charge in [0.15, 0.2) is 5.41 Å². The highest BCUT2D eigenvalue weighted by molar-refractivity contribution is 5.90. The first-order chi connectivity index (χ1) is 15.7. The lowest BCUT2D eigenvalue weighted by atomic mass is 9.53. The molecule has 2 saturated heterocycles. The lowest BCUT2D eigenvalue weighted by Crippen LogP contribution is -2.57. The Morgan fingerprint density at radius 1 is 1.03 bits per heavy atom. The van der Waals surface area contributed by atoms with E-state index in [2.05, 4.69) is 11.4 Å². The molecule has 2 aromatic carbocycles. The predicted octanol–water partition coefficient (Wildman–Crippen LogP) is 4.06. The second kappa shape index (κ2) is 7.45. The fraction of sp³-hybridized carbons (Fsp3) is 0.320. The number of aryl methyl sites for hydroxylation is 1. The zero-order valence-corrected chi connectivity index (χ0v) is 18.3. The fourth-order valence-corrected chi connectivity index (χ4v) is 4.90. The van der Waals surface area contributed by atoms with Crippen molar-refractivity contribution >= 4 is 17.5 Å². The molecule has 2 aliphatic heterocycles. The number of hydrogen-bond acceptors (Lipinski definition) is 7. The molecule has 0 radical (unpaired) electrons. The fourth-order valence-electron chi connectivity index (χ4n) is 4.90. The average Bonchev–Trinajstić information content (AvgIpc) is 2.96. The van der Waals surface area contributed by atoms with Crippen LogP contribution in [0, 0.1) is 63.1 Å². The number of nitrogens with one attached hydrogen (secondary N) is 2. The van der Waals surface area contributed by atoms with E-state index in [1.807, 2.05) is 31.2 Å². The molecule has 0 aromatic heterocycles. The zero-order valence-electron chi connectivity index (χ0n) is 18.3. The van der Waals surface area contributed by atoms with E-state index in [4.69, 9.17) is 14.9 Å². The second-order valence-corrected chi connectivity index (χ2v) is 8.44. The molecule has 164 valence electrons. The monoisotopic (exact) mass is 439 g/mol. The predicted molar refractivity (Wildman–Crippen MR) is 117 cm³/mol. The normalized spacial score (nSPS) is 29.2. The third-order valence-electron chi connectivity index (χ3n) is 6.66. The van der Waals surface area contributed by atoms with E-state index >= 15 is 0 Å². The maximum absolute atomic E-state index is 11.4. The van der Waals surface area contributed by atoms with Crippen molar-refractivity contribution in [1.29, 1.82) is 21.2 Å². The van der Waals surface area contributed by atoms with Crippen LogP contribution < -0.4 is 5.32 Å². The van der Waals surface area contributed by atoms with Crippen molar-refractivity contribution in [3.63, 3.8) is 0 Å². The van der Waals surface area contributed by atoms with E-state index in [0.29, 0.717) is 16.8 Å². The number of hydrogen-bond donors (Lipinski definition) is 2. The van der Waals surface area contributed by atoms with Gasteiger partial charge in [0.05, 0.1) is 24.1 Å². The van der Waals surface area contributed by atoms with Crippen LogP contribution in [0.4, 0.5) is 5.69 Å². The lowest BCUT2D eigenvalue weighted by Gasteiger charge is -2.48. The van der Waals surface area contributed by atoms with Gasteiger partial charge >= 0.3 is 0 Å². The van der Waals surface area contributed by atoms with Crippen LogP contribution in [0.25, 0.3) is 0 Å². The van der Waals surface area contributed by atoms with Gasteiger partial charge in [-0.1, -0.05) is 48.9 Å². The molecule has 1 amide bonds. The van der Waals surface area contributed by atoms with Gasteiger partial charge in [0.1, 0.15) is 6.10 Å². The summed E-state index contributed by atoms with van der Waals surface area (Å²) in [7, 11) is 0. The molecule has 2 aliphatic rings. The van der Waals surface area contributed by atoms with Gasteiger partial charge in [0.25, 0.3) is 0 Å². The van der Waals surface area contributed by atoms with E-state index < -0.39 is 34.5 Å². The summed E-state index contributed by atoms with van der Waals surface area (Å²) in [5.41, 5.74) is -1.32. The smallest absolute Gasteiger partial charge is 0.244 e. The van der Waals surface area contributed by atoms with E-state index in [1.54, 1.807) is 43.3 Å². The van der Waals surface area contributed by atoms with Crippen LogP contribution in [0.1, 0.15) is 36.6 Å². The molecule has 2 N–H and O–H groups in total. The van der Waals surface area contributed by atoms with E-state index in [-0.39, 0.29) is 5.91 Å². The summed E-state index contributed by atoms with van der Waals surface area (Å²) in [5.74, 6) is -3.05. The third-order valence-corrected chi connectivity index (χ3v) is 6.66. The molecule has 2 bridgehead atoms. The number of nitrogens with zero attached hydrogens (tertiary/aromatic N) is 3. The molecule has 0 saturated carbocycles. The van der Waals surface area contributed by atoms with Gasteiger partial charge < -0.3 is 14.8 Å². The van der Waals surface area contributed by atoms with Crippen LogP contribution in [-0.2, 0) is 20.1 Å². The van der Waals surface area contributed by atoms with Crippen molar-refractivity contribution in [2.24, 2.45) is 16.7 Å². The number of fused-ring (bicyclic) bond motifs is 2. The Balaban J connectivity index is 1.95. The number of anilines is 1. The van der Waals surface area contributed by atoms with Gasteiger partial charge in [-0.05, 0) is 24.6 Å². The van der Waals surface area contributed by atoms with Crippen molar-refractivity contribution in [3.05, 3.63) is 65.2 Å². The Labute approximate surface area is 191 Å². The number of benzene rings is 2. The summed E-state index contributed by atoms with van der Waals surface area (Å²) in [4.78, 5) is 11.4. The van der Waals surface area contributed by atoms with Gasteiger partial charge in [0.2, 0.25) is 23.0 Å². The van der Waals surface area contributed by atoms with Gasteiger partial charge in [-0.25, -0.2) is 0 Å². The van der Waals surface area contributed by atoms with Crippen molar-refractivity contribution in [1.82, 2.24) is 0 Å². The Morgan fingerprint density at radius 3 is 2.15 bits per heavy atom. The summed E-state index contributed by atoms with van der Waals surface area (Å²) >= 11 is 0. The Hall–Kier alpha value is -4.19. The molecule has 4 atom stereocenters. The number of carbonyl (C=O) groups excluding carboxylic acids is 1. The largest absolute Gasteiger partial charge is 0.443 e. The molecule has 4 unspecified atom stereocenters. The van der Waals surface area contributed by atoms with Crippen LogP contribution in [0.3, 0.4) is 0 Å². The number of rotatable bonds is 3. The highest BCUT2D eigenvalue weighted by Gasteiger charge is 2.79. The van der Waals surface area contributed by atoms with Gasteiger partial charge in [0, 0.05) is 18.2 Å². The average molecular weight is 439 g/mol. The number of nitriles is 3. The van der Waals surface area contributed by atoms with Crippen LogP contribution >= 0.6 is 0 Å². The maximum atomic E-state index is 11.4. The molecular formula is C25H21N5O3. The molecule has 2 fully saturated rings. The molecule has 2 aromatic rings. The topological polar surface area (TPSA) is 143 Å². The molecule has 0 aliphatic carbocycles. The minimum Gasteiger partial charge on any atom is -0.443 e. The first-order valence-corrected chi connectivity index (χ1v) is 10.3. The standard InChI is InChI=1S/C25H21N5O3/c1-15-4-8-19(9-5-15)25-16(2)24(14-28,22(29)33-25)23(12-26,13-27)21(32-25)18-6-10-20(11-7-18)30-17(3)31/h4-11,16,21,29H,1-3H3,(H,30,31). The second-order valence-electron chi connectivity index (χ2n) is 8.44. The van der Waals surface area contributed by atoms with Gasteiger partial charge in [-0.2, -0.15) is 15.8 Å². The minimum atomic E-state index is -2.04. The summed E-state index contributed by atoms with van der Waals surface area (Å²) in [6, 6.07) is 20.0. The molecule has 2 heterocycles. The summed E-state index contributed by atoms with van der Waals surface area (Å²) in [6.45, 7) is 4.99. The zero-order chi connectivity index (χ0) is 24.0.